The number of hydrogen-bond acceptors (Lipinski definition) is 5. The maximum Gasteiger partial charge on any atom is 0.253 e. The van der Waals surface area contributed by atoms with Crippen LogP contribution in [0.5, 0.6) is 11.5 Å². The van der Waals surface area contributed by atoms with E-state index in [0.717, 1.165) is 5.56 Å². The fourth-order valence-corrected chi connectivity index (χ4v) is 4.10. The van der Waals surface area contributed by atoms with E-state index < -0.39 is 6.04 Å². The highest BCUT2D eigenvalue weighted by Crippen LogP contribution is 2.23. The first kappa shape index (κ1) is 25.4. The first-order valence-electron chi connectivity index (χ1n) is 11.1. The number of likely N-dealkylation sites (tertiary alicyclic amines) is 1. The van der Waals surface area contributed by atoms with E-state index in [0.29, 0.717) is 48.0 Å². The van der Waals surface area contributed by atoms with Crippen LogP contribution in [0.25, 0.3) is 0 Å². The molecule has 0 aromatic heterocycles. The number of rotatable bonds is 8. The van der Waals surface area contributed by atoms with Gasteiger partial charge in [-0.3, -0.25) is 14.4 Å². The largest absolute Gasteiger partial charge is 0.497 e. The van der Waals surface area contributed by atoms with Crippen molar-refractivity contribution in [1.29, 1.82) is 0 Å². The molecule has 1 saturated heterocycles. The van der Waals surface area contributed by atoms with Crippen LogP contribution in [0.2, 0.25) is 5.02 Å². The Morgan fingerprint density at radius 3 is 2.15 bits per heavy atom. The lowest BCUT2D eigenvalue weighted by atomic mass is 10.0. The molecule has 0 unspecified atom stereocenters. The van der Waals surface area contributed by atoms with Gasteiger partial charge in [-0.05, 0) is 54.8 Å². The molecule has 1 aliphatic rings. The Morgan fingerprint density at radius 2 is 1.62 bits per heavy atom. The number of carbonyl (C=O) groups is 3. The van der Waals surface area contributed by atoms with Crippen molar-refractivity contribution < 1.29 is 23.9 Å². The molecule has 1 heterocycles. The average molecular weight is 488 g/mol. The normalized spacial score (nSPS) is 14.8. The molecule has 0 spiro atoms. The minimum atomic E-state index is -0.747. The lowest BCUT2D eigenvalue weighted by Gasteiger charge is -2.33. The molecule has 182 valence electrons. The maximum atomic E-state index is 13.0. The summed E-state index contributed by atoms with van der Waals surface area (Å²) in [6, 6.07) is 11.4. The second kappa shape index (κ2) is 11.7. The van der Waals surface area contributed by atoms with Gasteiger partial charge in [0.1, 0.15) is 17.5 Å². The Kier molecular flexibility index (Phi) is 8.76. The van der Waals surface area contributed by atoms with Gasteiger partial charge in [-0.1, -0.05) is 11.6 Å². The zero-order valence-electron chi connectivity index (χ0n) is 19.6. The minimum absolute atomic E-state index is 0.0514. The number of piperidine rings is 1. The summed E-state index contributed by atoms with van der Waals surface area (Å²) in [5, 5.41) is 6.36. The van der Waals surface area contributed by atoms with Gasteiger partial charge in [0.25, 0.3) is 5.91 Å². The molecule has 2 aromatic rings. The highest BCUT2D eigenvalue weighted by Gasteiger charge is 2.28. The molecular formula is C25H30ClN3O5. The van der Waals surface area contributed by atoms with E-state index in [4.69, 9.17) is 21.1 Å². The Labute approximate surface area is 204 Å². The number of ether oxygens (including phenoxy) is 2. The Bertz CT molecular complexity index is 997. The third-order valence-corrected chi connectivity index (χ3v) is 6.02. The van der Waals surface area contributed by atoms with E-state index in [9.17, 15) is 14.4 Å². The molecular weight excluding hydrogens is 458 g/mol. The van der Waals surface area contributed by atoms with Gasteiger partial charge < -0.3 is 25.0 Å². The van der Waals surface area contributed by atoms with Gasteiger partial charge in [-0.25, -0.2) is 0 Å². The summed E-state index contributed by atoms with van der Waals surface area (Å²) in [6.45, 7) is 2.45. The van der Waals surface area contributed by atoms with Crippen molar-refractivity contribution >= 4 is 29.3 Å². The molecule has 0 bridgehead atoms. The Balaban J connectivity index is 1.60. The predicted molar refractivity (Wildman–Crippen MR) is 129 cm³/mol. The SMILES string of the molecule is COc1cc(C[C@H](NC(C)=O)C(=O)NC2CCN(C(=O)c3ccc(Cl)cc3)CC2)cc(OC)c1. The lowest BCUT2D eigenvalue weighted by Crippen LogP contribution is -2.53. The molecule has 2 aromatic carbocycles. The van der Waals surface area contributed by atoms with Gasteiger partial charge in [0.05, 0.1) is 14.2 Å². The number of nitrogens with zero attached hydrogens (tertiary/aromatic N) is 1. The van der Waals surface area contributed by atoms with E-state index in [-0.39, 0.29) is 30.2 Å². The van der Waals surface area contributed by atoms with Gasteiger partial charge >= 0.3 is 0 Å². The monoisotopic (exact) mass is 487 g/mol. The van der Waals surface area contributed by atoms with Crippen molar-refractivity contribution in [1.82, 2.24) is 15.5 Å². The van der Waals surface area contributed by atoms with Crippen LogP contribution in [0.3, 0.4) is 0 Å². The van der Waals surface area contributed by atoms with Crippen molar-refractivity contribution in [2.24, 2.45) is 0 Å². The van der Waals surface area contributed by atoms with Crippen LogP contribution < -0.4 is 20.1 Å². The molecule has 0 radical (unpaired) electrons. The van der Waals surface area contributed by atoms with E-state index >= 15 is 0 Å². The molecule has 8 nitrogen and oxygen atoms in total. The third kappa shape index (κ3) is 6.87. The van der Waals surface area contributed by atoms with Crippen LogP contribution in [0.15, 0.2) is 42.5 Å². The van der Waals surface area contributed by atoms with Crippen LogP contribution in [-0.2, 0) is 16.0 Å². The molecule has 3 amide bonds. The quantitative estimate of drug-likeness (QED) is 0.596. The predicted octanol–water partition coefficient (Wildman–Crippen LogP) is 2.83. The minimum Gasteiger partial charge on any atom is -0.497 e. The van der Waals surface area contributed by atoms with E-state index in [1.165, 1.54) is 6.92 Å². The number of methoxy groups -OCH3 is 2. The van der Waals surface area contributed by atoms with Crippen LogP contribution in [0, 0.1) is 0 Å². The van der Waals surface area contributed by atoms with Gasteiger partial charge in [0.15, 0.2) is 0 Å². The smallest absolute Gasteiger partial charge is 0.253 e. The summed E-state index contributed by atoms with van der Waals surface area (Å²) in [5.74, 6) is 0.602. The van der Waals surface area contributed by atoms with E-state index in [1.807, 2.05) is 12.1 Å². The summed E-state index contributed by atoms with van der Waals surface area (Å²) in [5.41, 5.74) is 1.39. The number of amides is 3. The van der Waals surface area contributed by atoms with Crippen molar-refractivity contribution in [3.05, 3.63) is 58.6 Å². The fraction of sp³-hybridized carbons (Fsp3) is 0.400. The van der Waals surface area contributed by atoms with Gasteiger partial charge in [-0.15, -0.1) is 0 Å². The molecule has 1 fully saturated rings. The number of benzene rings is 2. The first-order valence-corrected chi connectivity index (χ1v) is 11.5. The first-order chi connectivity index (χ1) is 16.3. The second-order valence-corrected chi connectivity index (χ2v) is 8.70. The lowest BCUT2D eigenvalue weighted by molar-refractivity contribution is -0.128. The van der Waals surface area contributed by atoms with Crippen LogP contribution in [-0.4, -0.2) is 62.0 Å². The van der Waals surface area contributed by atoms with Crippen molar-refractivity contribution in [2.45, 2.75) is 38.3 Å². The maximum absolute atomic E-state index is 13.0. The zero-order chi connectivity index (χ0) is 24.7. The van der Waals surface area contributed by atoms with Gasteiger partial charge in [0.2, 0.25) is 11.8 Å². The van der Waals surface area contributed by atoms with Gasteiger partial charge in [0, 0.05) is 49.1 Å². The number of halogens is 1. The topological polar surface area (TPSA) is 97.0 Å². The standard InChI is InChI=1S/C25H30ClN3O5/c1-16(30)27-23(14-17-12-21(33-2)15-22(13-17)34-3)24(31)28-20-8-10-29(11-9-20)25(32)18-4-6-19(26)7-5-18/h4-7,12-13,15,20,23H,8-11,14H2,1-3H3,(H,27,30)(H,28,31)/t23-/m0/s1. The third-order valence-electron chi connectivity index (χ3n) is 5.76. The molecule has 34 heavy (non-hydrogen) atoms. The summed E-state index contributed by atoms with van der Waals surface area (Å²) in [4.78, 5) is 39.3. The molecule has 2 N–H and O–H groups in total. The summed E-state index contributed by atoms with van der Waals surface area (Å²) < 4.78 is 10.6. The molecule has 0 saturated carbocycles. The summed E-state index contributed by atoms with van der Waals surface area (Å²) >= 11 is 5.90. The van der Waals surface area contributed by atoms with Crippen molar-refractivity contribution in [3.63, 3.8) is 0 Å². The number of carbonyl (C=O) groups excluding carboxylic acids is 3. The molecule has 9 heteroatoms. The molecule has 3 rings (SSSR count). The van der Waals surface area contributed by atoms with Gasteiger partial charge in [-0.2, -0.15) is 0 Å². The fourth-order valence-electron chi connectivity index (χ4n) is 3.98. The van der Waals surface area contributed by atoms with E-state index in [2.05, 4.69) is 10.6 Å². The van der Waals surface area contributed by atoms with E-state index in [1.54, 1.807) is 49.5 Å². The second-order valence-electron chi connectivity index (χ2n) is 8.26. The Hall–Kier alpha value is -3.26. The summed E-state index contributed by atoms with van der Waals surface area (Å²) in [7, 11) is 3.11. The molecule has 1 aliphatic heterocycles. The van der Waals surface area contributed by atoms with Crippen molar-refractivity contribution in [3.8, 4) is 11.5 Å². The molecule has 1 atom stereocenters. The molecule has 0 aliphatic carbocycles. The highest BCUT2D eigenvalue weighted by molar-refractivity contribution is 6.30. The number of hydrogen-bond donors (Lipinski definition) is 2. The van der Waals surface area contributed by atoms with Crippen LogP contribution >= 0.6 is 11.6 Å². The van der Waals surface area contributed by atoms with Crippen LogP contribution in [0.1, 0.15) is 35.7 Å². The number of nitrogens with one attached hydrogen (secondary N) is 2. The van der Waals surface area contributed by atoms with Crippen LogP contribution in [0.4, 0.5) is 0 Å². The summed E-state index contributed by atoms with van der Waals surface area (Å²) in [6.07, 6.45) is 1.54. The Morgan fingerprint density at radius 1 is 1.03 bits per heavy atom. The highest BCUT2D eigenvalue weighted by atomic mass is 35.5. The van der Waals surface area contributed by atoms with Crippen molar-refractivity contribution in [2.75, 3.05) is 27.3 Å². The zero-order valence-corrected chi connectivity index (χ0v) is 20.4. The average Bonchev–Trinajstić information content (AvgIpc) is 2.83.